The van der Waals surface area contributed by atoms with E-state index in [1.165, 1.54) is 0 Å². The van der Waals surface area contributed by atoms with E-state index in [9.17, 15) is 9.59 Å². The van der Waals surface area contributed by atoms with Gasteiger partial charge in [-0.15, -0.1) is 0 Å². The minimum absolute atomic E-state index is 0.359. The van der Waals surface area contributed by atoms with Gasteiger partial charge in [-0.1, -0.05) is 48.2 Å². The van der Waals surface area contributed by atoms with Crippen LogP contribution in [0.25, 0.3) is 0 Å². The van der Waals surface area contributed by atoms with Gasteiger partial charge in [0.25, 0.3) is 0 Å². The lowest BCUT2D eigenvalue weighted by atomic mass is 10.2. The second-order valence-electron chi connectivity index (χ2n) is 6.77. The maximum absolute atomic E-state index is 11.6. The van der Waals surface area contributed by atoms with E-state index < -0.39 is 12.2 Å². The normalized spacial score (nSPS) is 9.38. The summed E-state index contributed by atoms with van der Waals surface area (Å²) in [5.74, 6) is 11.6. The topological polar surface area (TPSA) is 76.7 Å². The van der Waals surface area contributed by atoms with Crippen LogP contribution in [0.15, 0.2) is 60.7 Å². The van der Waals surface area contributed by atoms with Crippen LogP contribution in [0.3, 0.4) is 0 Å². The van der Waals surface area contributed by atoms with E-state index in [0.717, 1.165) is 25.7 Å². The first-order valence-corrected chi connectivity index (χ1v) is 10.7. The lowest BCUT2D eigenvalue weighted by molar-refractivity contribution is 0.158. The smallest absolute Gasteiger partial charge is 0.411 e. The Kier molecular flexibility index (Phi) is 12.1. The molecule has 0 bridgehead atoms. The Hall–Kier alpha value is -3.90. The molecule has 6 nitrogen and oxygen atoms in total. The molecule has 2 aromatic carbocycles. The number of para-hydroxylation sites is 2. The molecule has 2 amide bonds. The number of amides is 2. The van der Waals surface area contributed by atoms with Crippen LogP contribution in [0.2, 0.25) is 0 Å². The number of ether oxygens (including phenoxy) is 2. The Morgan fingerprint density at radius 3 is 1.44 bits per heavy atom. The van der Waals surface area contributed by atoms with Gasteiger partial charge in [0.2, 0.25) is 0 Å². The first kappa shape index (κ1) is 24.4. The van der Waals surface area contributed by atoms with Crippen molar-refractivity contribution in [3.05, 3.63) is 60.7 Å². The Bertz CT molecular complexity index is 858. The number of hydrogen-bond donors (Lipinski definition) is 2. The summed E-state index contributed by atoms with van der Waals surface area (Å²) in [6.45, 7) is 0.717. The standard InChI is InChI=1S/C26H28N2O4/c29-25(27-23-17-11-9-12-18-23)31-21-15-7-5-3-1-2-4-6-8-16-22-32-26(30)28-24-19-13-10-14-20-24/h9-14,17-20H,5-8,15-16,21-22H2,(H,27,29)(H,28,30). The molecule has 2 N–H and O–H groups in total. The van der Waals surface area contributed by atoms with Gasteiger partial charge in [-0.2, -0.15) is 0 Å². The zero-order valence-electron chi connectivity index (χ0n) is 18.1. The number of unbranched alkanes of at least 4 members (excludes halogenated alkanes) is 4. The number of benzene rings is 2. The summed E-state index contributed by atoms with van der Waals surface area (Å²) in [7, 11) is 0. The third-order valence-corrected chi connectivity index (χ3v) is 4.14. The second-order valence-corrected chi connectivity index (χ2v) is 6.77. The molecule has 0 atom stereocenters. The van der Waals surface area contributed by atoms with Crippen molar-refractivity contribution >= 4 is 23.6 Å². The predicted molar refractivity (Wildman–Crippen MR) is 126 cm³/mol. The summed E-state index contributed by atoms with van der Waals surface area (Å²) >= 11 is 0. The van der Waals surface area contributed by atoms with Crippen LogP contribution in [-0.2, 0) is 9.47 Å². The van der Waals surface area contributed by atoms with Crippen LogP contribution in [0.1, 0.15) is 38.5 Å². The van der Waals surface area contributed by atoms with Gasteiger partial charge in [-0.25, -0.2) is 9.59 Å². The van der Waals surface area contributed by atoms with Gasteiger partial charge < -0.3 is 9.47 Å². The van der Waals surface area contributed by atoms with Crippen molar-refractivity contribution in [2.75, 3.05) is 23.8 Å². The van der Waals surface area contributed by atoms with Crippen LogP contribution in [0.4, 0.5) is 21.0 Å². The summed E-state index contributed by atoms with van der Waals surface area (Å²) < 4.78 is 10.2. The Morgan fingerprint density at radius 2 is 1.03 bits per heavy atom. The highest BCUT2D eigenvalue weighted by Gasteiger charge is 2.02. The molecule has 2 rings (SSSR count). The number of carbonyl (C=O) groups excluding carboxylic acids is 2. The van der Waals surface area contributed by atoms with Gasteiger partial charge in [0.15, 0.2) is 0 Å². The third kappa shape index (κ3) is 11.9. The fourth-order valence-corrected chi connectivity index (χ4v) is 2.52. The SMILES string of the molecule is O=C(Nc1ccccc1)OCCCCC#CC#CCCCCOC(=O)Nc1ccccc1. The molecule has 0 unspecified atom stereocenters. The quantitative estimate of drug-likeness (QED) is 0.366. The molecule has 0 saturated carbocycles. The molecule has 0 saturated heterocycles. The van der Waals surface area contributed by atoms with Gasteiger partial charge in [-0.3, -0.25) is 10.6 Å². The van der Waals surface area contributed by atoms with Crippen molar-refractivity contribution in [3.8, 4) is 23.7 Å². The Labute approximate surface area is 189 Å². The molecular formula is C26H28N2O4. The summed E-state index contributed by atoms with van der Waals surface area (Å²) in [5, 5.41) is 5.33. The molecule has 0 radical (unpaired) electrons. The molecular weight excluding hydrogens is 404 g/mol. The predicted octanol–water partition coefficient (Wildman–Crippen LogP) is 5.83. The lowest BCUT2D eigenvalue weighted by Crippen LogP contribution is -2.14. The van der Waals surface area contributed by atoms with E-state index in [1.807, 2.05) is 36.4 Å². The zero-order valence-corrected chi connectivity index (χ0v) is 18.1. The zero-order chi connectivity index (χ0) is 22.7. The first-order chi connectivity index (χ1) is 15.7. The molecule has 0 aromatic heterocycles. The maximum Gasteiger partial charge on any atom is 0.411 e. The van der Waals surface area contributed by atoms with Crippen LogP contribution in [0, 0.1) is 23.7 Å². The number of hydrogen-bond acceptors (Lipinski definition) is 4. The van der Waals surface area contributed by atoms with E-state index in [1.54, 1.807) is 24.3 Å². The average Bonchev–Trinajstić information content (AvgIpc) is 2.80. The molecule has 0 heterocycles. The van der Waals surface area contributed by atoms with Gasteiger partial charge >= 0.3 is 12.2 Å². The Balaban J connectivity index is 1.41. The Morgan fingerprint density at radius 1 is 0.625 bits per heavy atom. The summed E-state index contributed by atoms with van der Waals surface area (Å²) in [6.07, 6.45) is 3.71. The summed E-state index contributed by atoms with van der Waals surface area (Å²) in [5.41, 5.74) is 1.42. The van der Waals surface area contributed by atoms with Crippen molar-refractivity contribution in [3.63, 3.8) is 0 Å². The fourth-order valence-electron chi connectivity index (χ4n) is 2.52. The van der Waals surface area contributed by atoms with E-state index in [0.29, 0.717) is 37.4 Å². The summed E-state index contributed by atoms with van der Waals surface area (Å²) in [6, 6.07) is 18.4. The van der Waals surface area contributed by atoms with Crippen LogP contribution in [-0.4, -0.2) is 25.4 Å². The molecule has 166 valence electrons. The van der Waals surface area contributed by atoms with Gasteiger partial charge in [0.1, 0.15) is 0 Å². The van der Waals surface area contributed by atoms with Gasteiger partial charge in [-0.05, 0) is 61.8 Å². The monoisotopic (exact) mass is 432 g/mol. The van der Waals surface area contributed by atoms with Crippen molar-refractivity contribution in [2.45, 2.75) is 38.5 Å². The average molecular weight is 433 g/mol. The highest BCUT2D eigenvalue weighted by atomic mass is 16.6. The highest BCUT2D eigenvalue weighted by molar-refractivity contribution is 5.84. The van der Waals surface area contributed by atoms with Gasteiger partial charge in [0, 0.05) is 24.2 Å². The summed E-state index contributed by atoms with van der Waals surface area (Å²) in [4.78, 5) is 23.2. The maximum atomic E-state index is 11.6. The number of nitrogens with one attached hydrogen (secondary N) is 2. The van der Waals surface area contributed by atoms with E-state index in [4.69, 9.17) is 9.47 Å². The number of anilines is 2. The van der Waals surface area contributed by atoms with Crippen molar-refractivity contribution in [2.24, 2.45) is 0 Å². The van der Waals surface area contributed by atoms with Gasteiger partial charge in [0.05, 0.1) is 13.2 Å². The molecule has 0 fully saturated rings. The van der Waals surface area contributed by atoms with E-state index in [2.05, 4.69) is 34.3 Å². The third-order valence-electron chi connectivity index (χ3n) is 4.14. The van der Waals surface area contributed by atoms with Crippen molar-refractivity contribution < 1.29 is 19.1 Å². The molecule has 0 spiro atoms. The number of carbonyl (C=O) groups is 2. The lowest BCUT2D eigenvalue weighted by Gasteiger charge is -2.06. The van der Waals surface area contributed by atoms with E-state index in [-0.39, 0.29) is 0 Å². The minimum atomic E-state index is -0.449. The molecule has 0 aliphatic carbocycles. The number of rotatable bonds is 10. The van der Waals surface area contributed by atoms with Crippen molar-refractivity contribution in [1.82, 2.24) is 0 Å². The fraction of sp³-hybridized carbons (Fsp3) is 0.308. The molecule has 32 heavy (non-hydrogen) atoms. The van der Waals surface area contributed by atoms with Crippen LogP contribution < -0.4 is 10.6 Å². The minimum Gasteiger partial charge on any atom is -0.449 e. The highest BCUT2D eigenvalue weighted by Crippen LogP contribution is 2.06. The molecule has 6 heteroatoms. The van der Waals surface area contributed by atoms with Crippen LogP contribution in [0.5, 0.6) is 0 Å². The molecule has 0 aliphatic heterocycles. The van der Waals surface area contributed by atoms with E-state index >= 15 is 0 Å². The molecule has 0 aliphatic rings. The second kappa shape index (κ2) is 15.9. The van der Waals surface area contributed by atoms with Crippen LogP contribution >= 0.6 is 0 Å². The largest absolute Gasteiger partial charge is 0.449 e. The van der Waals surface area contributed by atoms with Crippen molar-refractivity contribution in [1.29, 1.82) is 0 Å². The first-order valence-electron chi connectivity index (χ1n) is 10.7. The molecule has 2 aromatic rings.